The summed E-state index contributed by atoms with van der Waals surface area (Å²) < 4.78 is 29.0. The van der Waals surface area contributed by atoms with E-state index in [2.05, 4.69) is 15.0 Å². The zero-order valence-corrected chi connectivity index (χ0v) is 14.8. The van der Waals surface area contributed by atoms with Gasteiger partial charge in [0.05, 0.1) is 17.8 Å². The van der Waals surface area contributed by atoms with Crippen molar-refractivity contribution in [3.8, 4) is 17.1 Å². The maximum absolute atomic E-state index is 13.5. The molecule has 3 heterocycles. The van der Waals surface area contributed by atoms with Crippen molar-refractivity contribution in [2.24, 2.45) is 0 Å². The zero-order valence-electron chi connectivity index (χ0n) is 14.0. The first-order chi connectivity index (χ1) is 13.4. The maximum Gasteiger partial charge on any atom is 0.357 e. The van der Waals surface area contributed by atoms with Crippen molar-refractivity contribution in [3.63, 3.8) is 0 Å². The van der Waals surface area contributed by atoms with Crippen molar-refractivity contribution in [3.05, 3.63) is 92.2 Å². The molecular weight excluding hydrogens is 392 g/mol. The van der Waals surface area contributed by atoms with Crippen LogP contribution in [-0.4, -0.2) is 24.1 Å². The van der Waals surface area contributed by atoms with E-state index in [0.717, 1.165) is 18.2 Å². The SMILES string of the molecule is O=c1nc2n(Cc3cnc(Cl)nc3)cccc-2c(=O)n1-c1ccc(F)c(F)c1. The molecule has 140 valence electrons. The Hall–Kier alpha value is -3.46. The Bertz CT molecular complexity index is 1270. The molecule has 0 saturated carbocycles. The smallest absolute Gasteiger partial charge is 0.328 e. The Balaban J connectivity index is 1.87. The molecule has 1 aromatic carbocycles. The summed E-state index contributed by atoms with van der Waals surface area (Å²) >= 11 is 5.67. The predicted octanol–water partition coefficient (Wildman–Crippen LogP) is 2.27. The van der Waals surface area contributed by atoms with Gasteiger partial charge >= 0.3 is 5.69 Å². The second-order valence-corrected chi connectivity index (χ2v) is 6.21. The molecule has 0 atom stereocenters. The Morgan fingerprint density at radius 2 is 1.79 bits per heavy atom. The molecule has 0 N–H and O–H groups in total. The van der Waals surface area contributed by atoms with Crippen LogP contribution in [0.1, 0.15) is 5.56 Å². The third-order valence-electron chi connectivity index (χ3n) is 4.06. The Kier molecular flexibility index (Phi) is 4.44. The third kappa shape index (κ3) is 3.16. The first kappa shape index (κ1) is 17.9. The van der Waals surface area contributed by atoms with E-state index in [-0.39, 0.29) is 28.9 Å². The van der Waals surface area contributed by atoms with Gasteiger partial charge in [-0.05, 0) is 35.9 Å². The van der Waals surface area contributed by atoms with Crippen molar-refractivity contribution in [2.45, 2.75) is 6.54 Å². The van der Waals surface area contributed by atoms with Gasteiger partial charge in [0.15, 0.2) is 17.5 Å². The van der Waals surface area contributed by atoms with Crippen LogP contribution >= 0.6 is 11.6 Å². The maximum atomic E-state index is 13.5. The van der Waals surface area contributed by atoms with E-state index < -0.39 is 22.9 Å². The molecule has 0 unspecified atom stereocenters. The lowest BCUT2D eigenvalue weighted by molar-refractivity contribution is 0.507. The number of benzene rings is 1. The van der Waals surface area contributed by atoms with Crippen LogP contribution < -0.4 is 11.2 Å². The molecule has 0 bridgehead atoms. The van der Waals surface area contributed by atoms with Crippen molar-refractivity contribution in [1.29, 1.82) is 0 Å². The van der Waals surface area contributed by atoms with Gasteiger partial charge in [0.1, 0.15) is 0 Å². The van der Waals surface area contributed by atoms with Crippen molar-refractivity contribution in [2.75, 3.05) is 0 Å². The molecule has 0 saturated heterocycles. The quantitative estimate of drug-likeness (QED) is 0.492. The number of hydrogen-bond acceptors (Lipinski definition) is 5. The lowest BCUT2D eigenvalue weighted by atomic mass is 10.2. The van der Waals surface area contributed by atoms with Crippen LogP contribution in [0.5, 0.6) is 0 Å². The fourth-order valence-electron chi connectivity index (χ4n) is 2.78. The average Bonchev–Trinajstić information content (AvgIpc) is 2.67. The largest absolute Gasteiger partial charge is 0.357 e. The molecule has 1 aromatic heterocycles. The topological polar surface area (TPSA) is 82.7 Å². The molecule has 0 amide bonds. The highest BCUT2D eigenvalue weighted by atomic mass is 35.5. The van der Waals surface area contributed by atoms with E-state index in [1.165, 1.54) is 18.5 Å². The zero-order chi connectivity index (χ0) is 19.8. The van der Waals surface area contributed by atoms with Crippen molar-refractivity contribution < 1.29 is 8.78 Å². The molecule has 2 aromatic rings. The fourth-order valence-corrected chi connectivity index (χ4v) is 2.88. The second-order valence-electron chi connectivity index (χ2n) is 5.87. The van der Waals surface area contributed by atoms with E-state index in [4.69, 9.17) is 11.6 Å². The minimum Gasteiger partial charge on any atom is -0.328 e. The normalized spacial score (nSPS) is 11.1. The monoisotopic (exact) mass is 401 g/mol. The third-order valence-corrected chi connectivity index (χ3v) is 4.25. The summed E-state index contributed by atoms with van der Waals surface area (Å²) in [7, 11) is 0. The molecule has 2 aliphatic heterocycles. The van der Waals surface area contributed by atoms with Gasteiger partial charge in [-0.15, -0.1) is 0 Å². The van der Waals surface area contributed by atoms with E-state index in [1.807, 2.05) is 0 Å². The van der Waals surface area contributed by atoms with Crippen molar-refractivity contribution >= 4 is 11.6 Å². The first-order valence-corrected chi connectivity index (χ1v) is 8.36. The Morgan fingerprint density at radius 1 is 1.04 bits per heavy atom. The number of nitrogens with zero attached hydrogens (tertiary/aromatic N) is 5. The summed E-state index contributed by atoms with van der Waals surface area (Å²) in [6, 6.07) is 5.86. The molecular formula is C18H10ClF2N5O2. The minimum absolute atomic E-state index is 0.0982. The number of pyridine rings is 1. The fraction of sp³-hybridized carbons (Fsp3) is 0.0556. The van der Waals surface area contributed by atoms with Gasteiger partial charge in [0.2, 0.25) is 5.28 Å². The van der Waals surface area contributed by atoms with Crippen LogP contribution in [0.15, 0.2) is 58.5 Å². The highest BCUT2D eigenvalue weighted by molar-refractivity contribution is 6.28. The van der Waals surface area contributed by atoms with E-state index in [1.54, 1.807) is 16.8 Å². The van der Waals surface area contributed by atoms with Crippen LogP contribution in [-0.2, 0) is 6.54 Å². The van der Waals surface area contributed by atoms with Gasteiger partial charge in [0.25, 0.3) is 5.56 Å². The van der Waals surface area contributed by atoms with E-state index in [0.29, 0.717) is 10.1 Å². The molecule has 4 rings (SSSR count). The standard InChI is InChI=1S/C18H10ClF2N5O2/c19-17-22-7-10(8-23-17)9-25-5-1-2-12-15(25)24-18(28)26(16(12)27)11-3-4-13(20)14(21)6-11/h1-8H,9H2. The summed E-state index contributed by atoms with van der Waals surface area (Å²) in [6.45, 7) is 0.246. The Morgan fingerprint density at radius 3 is 2.50 bits per heavy atom. The van der Waals surface area contributed by atoms with E-state index >= 15 is 0 Å². The average molecular weight is 402 g/mol. The summed E-state index contributed by atoms with van der Waals surface area (Å²) in [5, 5.41) is 0.0982. The summed E-state index contributed by atoms with van der Waals surface area (Å²) in [5.74, 6) is -2.11. The van der Waals surface area contributed by atoms with Crippen LogP contribution in [0.3, 0.4) is 0 Å². The minimum atomic E-state index is -1.17. The van der Waals surface area contributed by atoms with Gasteiger partial charge in [-0.25, -0.2) is 28.1 Å². The van der Waals surface area contributed by atoms with Gasteiger partial charge in [-0.2, -0.15) is 4.98 Å². The molecule has 7 nitrogen and oxygen atoms in total. The summed E-state index contributed by atoms with van der Waals surface area (Å²) in [4.78, 5) is 37.1. The number of fused-ring (bicyclic) bond motifs is 1. The lowest BCUT2D eigenvalue weighted by Crippen LogP contribution is -2.36. The van der Waals surface area contributed by atoms with Crippen LogP contribution in [0, 0.1) is 11.6 Å². The van der Waals surface area contributed by atoms with Crippen molar-refractivity contribution in [1.82, 2.24) is 24.1 Å². The molecule has 0 aliphatic carbocycles. The molecule has 2 aliphatic rings. The van der Waals surface area contributed by atoms with Crippen LogP contribution in [0.25, 0.3) is 17.1 Å². The van der Waals surface area contributed by atoms with Gasteiger partial charge in [-0.3, -0.25) is 4.79 Å². The molecule has 0 fully saturated rings. The number of rotatable bonds is 3. The molecule has 0 radical (unpaired) electrons. The highest BCUT2D eigenvalue weighted by Crippen LogP contribution is 2.17. The highest BCUT2D eigenvalue weighted by Gasteiger charge is 2.19. The van der Waals surface area contributed by atoms with Gasteiger partial charge < -0.3 is 4.57 Å². The Labute approximate surface area is 160 Å². The lowest BCUT2D eigenvalue weighted by Gasteiger charge is -2.15. The van der Waals surface area contributed by atoms with Gasteiger partial charge in [-0.1, -0.05) is 0 Å². The molecule has 28 heavy (non-hydrogen) atoms. The van der Waals surface area contributed by atoms with Gasteiger partial charge in [0, 0.05) is 30.2 Å². The number of halogens is 3. The molecule has 10 heteroatoms. The van der Waals surface area contributed by atoms with Crippen LogP contribution in [0.4, 0.5) is 8.78 Å². The first-order valence-electron chi connectivity index (χ1n) is 7.98. The number of aromatic nitrogens is 5. The van der Waals surface area contributed by atoms with E-state index in [9.17, 15) is 18.4 Å². The summed E-state index contributed by atoms with van der Waals surface area (Å²) in [5.41, 5.74) is -0.883. The van der Waals surface area contributed by atoms with Crippen LogP contribution in [0.2, 0.25) is 5.28 Å². The summed E-state index contributed by atoms with van der Waals surface area (Å²) in [6.07, 6.45) is 4.67. The predicted molar refractivity (Wildman–Crippen MR) is 96.8 cm³/mol. The molecule has 0 spiro atoms. The second kappa shape index (κ2) is 6.93. The number of hydrogen-bond donors (Lipinski definition) is 0.